The fourth-order valence-electron chi connectivity index (χ4n) is 2.93. The van der Waals surface area contributed by atoms with E-state index in [9.17, 15) is 9.90 Å². The van der Waals surface area contributed by atoms with Gasteiger partial charge in [-0.25, -0.2) is 4.85 Å². The molecular weight excluding hydrogens is 348 g/mol. The average molecular weight is 366 g/mol. The van der Waals surface area contributed by atoms with Gasteiger partial charge in [0.25, 0.3) is 11.2 Å². The van der Waals surface area contributed by atoms with Gasteiger partial charge in [-0.3, -0.25) is 4.79 Å². The van der Waals surface area contributed by atoms with Crippen LogP contribution in [0.2, 0.25) is 0 Å². The van der Waals surface area contributed by atoms with Gasteiger partial charge in [0.15, 0.2) is 0 Å². The lowest BCUT2D eigenvalue weighted by molar-refractivity contribution is 0.396. The lowest BCUT2D eigenvalue weighted by Crippen LogP contribution is -2.21. The second-order valence-electron chi connectivity index (χ2n) is 5.77. The van der Waals surface area contributed by atoms with Crippen molar-refractivity contribution in [2.24, 2.45) is 0 Å². The maximum Gasteiger partial charge on any atom is 0.291 e. The number of methoxy groups -OCH3 is 3. The number of aromatic nitrogens is 1. The van der Waals surface area contributed by atoms with E-state index < -0.39 is 11.3 Å². The van der Waals surface area contributed by atoms with E-state index in [4.69, 9.17) is 20.8 Å². The first-order chi connectivity index (χ1) is 13.0. The predicted molar refractivity (Wildman–Crippen MR) is 101 cm³/mol. The highest BCUT2D eigenvalue weighted by Gasteiger charge is 2.21. The van der Waals surface area contributed by atoms with Crippen LogP contribution < -0.4 is 19.8 Å². The van der Waals surface area contributed by atoms with E-state index in [0.29, 0.717) is 22.8 Å². The zero-order valence-corrected chi connectivity index (χ0v) is 15.1. The number of ether oxygens (including phenoxy) is 3. The van der Waals surface area contributed by atoms with Crippen LogP contribution in [0.1, 0.15) is 5.56 Å². The molecule has 0 unspecified atom stereocenters. The molecule has 7 heteroatoms. The molecule has 1 aromatic heterocycles. The summed E-state index contributed by atoms with van der Waals surface area (Å²) in [6, 6.07) is 10.5. The third-order valence-corrected chi connectivity index (χ3v) is 4.32. The molecule has 0 fully saturated rings. The van der Waals surface area contributed by atoms with Crippen molar-refractivity contribution in [2.45, 2.75) is 6.54 Å². The molecule has 0 saturated heterocycles. The predicted octanol–water partition coefficient (Wildman–Crippen LogP) is 3.33. The Morgan fingerprint density at radius 2 is 1.70 bits per heavy atom. The van der Waals surface area contributed by atoms with Gasteiger partial charge in [-0.1, -0.05) is 12.1 Å². The van der Waals surface area contributed by atoms with E-state index in [0.717, 1.165) is 5.56 Å². The minimum absolute atomic E-state index is 0.207. The van der Waals surface area contributed by atoms with E-state index in [-0.39, 0.29) is 17.6 Å². The van der Waals surface area contributed by atoms with Crippen LogP contribution in [0.25, 0.3) is 15.7 Å². The molecule has 0 aliphatic carbocycles. The molecule has 27 heavy (non-hydrogen) atoms. The van der Waals surface area contributed by atoms with E-state index in [1.165, 1.54) is 18.8 Å². The number of aromatic hydroxyl groups is 1. The number of benzene rings is 2. The van der Waals surface area contributed by atoms with E-state index in [1.807, 2.05) is 12.1 Å². The van der Waals surface area contributed by atoms with Gasteiger partial charge in [-0.2, -0.15) is 0 Å². The third-order valence-electron chi connectivity index (χ3n) is 4.32. The van der Waals surface area contributed by atoms with E-state index in [2.05, 4.69) is 4.85 Å². The van der Waals surface area contributed by atoms with Crippen molar-refractivity contribution >= 4 is 16.6 Å². The zero-order valence-electron chi connectivity index (χ0n) is 15.1. The van der Waals surface area contributed by atoms with Crippen LogP contribution in [-0.2, 0) is 6.54 Å². The lowest BCUT2D eigenvalue weighted by Gasteiger charge is -2.16. The maximum atomic E-state index is 12.8. The normalized spacial score (nSPS) is 10.4. The Hall–Kier alpha value is -3.66. The summed E-state index contributed by atoms with van der Waals surface area (Å²) in [4.78, 5) is 16.1. The first-order valence-electron chi connectivity index (χ1n) is 8.06. The van der Waals surface area contributed by atoms with Crippen molar-refractivity contribution in [2.75, 3.05) is 21.3 Å². The molecule has 0 aliphatic heterocycles. The molecule has 0 atom stereocenters. The molecule has 1 N–H and O–H groups in total. The minimum atomic E-state index is -0.582. The van der Waals surface area contributed by atoms with Crippen molar-refractivity contribution in [1.82, 2.24) is 4.57 Å². The fraction of sp³-hybridized carbons (Fsp3) is 0.200. The number of nitrogens with zero attached hydrogens (tertiary/aromatic N) is 2. The molecule has 3 aromatic rings. The number of fused-ring (bicyclic) bond motifs is 1. The van der Waals surface area contributed by atoms with Gasteiger partial charge in [0.05, 0.1) is 38.8 Å². The van der Waals surface area contributed by atoms with Gasteiger partial charge in [-0.15, -0.1) is 0 Å². The van der Waals surface area contributed by atoms with Crippen molar-refractivity contribution < 1.29 is 19.3 Å². The van der Waals surface area contributed by atoms with Crippen LogP contribution in [-0.4, -0.2) is 31.0 Å². The zero-order chi connectivity index (χ0) is 19.6. The third kappa shape index (κ3) is 3.13. The molecule has 0 spiro atoms. The van der Waals surface area contributed by atoms with Gasteiger partial charge in [0.1, 0.15) is 23.0 Å². The summed E-state index contributed by atoms with van der Waals surface area (Å²) < 4.78 is 17.2. The second kappa shape index (κ2) is 7.30. The SMILES string of the molecule is [C-]#[N+]c1c(O)c2c(OC)cc(OC)cc2n(Cc2ccc(OC)cc2)c1=O. The van der Waals surface area contributed by atoms with Gasteiger partial charge < -0.3 is 23.9 Å². The Morgan fingerprint density at radius 1 is 1.04 bits per heavy atom. The fourth-order valence-corrected chi connectivity index (χ4v) is 2.93. The van der Waals surface area contributed by atoms with Crippen molar-refractivity contribution in [3.05, 3.63) is 63.7 Å². The first kappa shape index (κ1) is 18.1. The molecule has 0 aliphatic rings. The molecule has 138 valence electrons. The molecule has 0 saturated carbocycles. The highest BCUT2D eigenvalue weighted by Crippen LogP contribution is 2.40. The summed E-state index contributed by atoms with van der Waals surface area (Å²) in [5, 5.41) is 10.8. The van der Waals surface area contributed by atoms with E-state index >= 15 is 0 Å². The summed E-state index contributed by atoms with van der Waals surface area (Å²) in [5.74, 6) is 1.09. The molecule has 2 aromatic carbocycles. The highest BCUT2D eigenvalue weighted by molar-refractivity contribution is 5.96. The summed E-state index contributed by atoms with van der Waals surface area (Å²) in [5.41, 5.74) is 0.320. The number of rotatable bonds is 5. The Labute approximate surface area is 155 Å². The summed E-state index contributed by atoms with van der Waals surface area (Å²) in [7, 11) is 4.53. The smallest absolute Gasteiger partial charge is 0.291 e. The molecule has 0 amide bonds. The molecule has 1 heterocycles. The Morgan fingerprint density at radius 3 is 2.26 bits per heavy atom. The van der Waals surface area contributed by atoms with Gasteiger partial charge >= 0.3 is 0 Å². The van der Waals surface area contributed by atoms with Crippen LogP contribution in [0.3, 0.4) is 0 Å². The minimum Gasteiger partial charge on any atom is -0.518 e. The van der Waals surface area contributed by atoms with Crippen LogP contribution in [0.15, 0.2) is 41.2 Å². The summed E-state index contributed by atoms with van der Waals surface area (Å²) in [6.45, 7) is 7.51. The molecule has 0 bridgehead atoms. The summed E-state index contributed by atoms with van der Waals surface area (Å²) in [6.07, 6.45) is 0. The topological polar surface area (TPSA) is 74.3 Å². The van der Waals surface area contributed by atoms with Crippen LogP contribution in [0.5, 0.6) is 23.0 Å². The molecule has 3 rings (SSSR count). The van der Waals surface area contributed by atoms with Crippen molar-refractivity contribution in [3.8, 4) is 23.0 Å². The Bertz CT molecular complexity index is 1090. The highest BCUT2D eigenvalue weighted by atomic mass is 16.5. The van der Waals surface area contributed by atoms with Crippen LogP contribution in [0, 0.1) is 6.57 Å². The first-order valence-corrected chi connectivity index (χ1v) is 8.06. The van der Waals surface area contributed by atoms with Crippen molar-refractivity contribution in [3.63, 3.8) is 0 Å². The number of hydrogen-bond donors (Lipinski definition) is 1. The summed E-state index contributed by atoms with van der Waals surface area (Å²) >= 11 is 0. The maximum absolute atomic E-state index is 12.8. The average Bonchev–Trinajstić information content (AvgIpc) is 2.70. The Balaban J connectivity index is 2.32. The molecule has 0 radical (unpaired) electrons. The van der Waals surface area contributed by atoms with Crippen molar-refractivity contribution in [1.29, 1.82) is 0 Å². The number of hydrogen-bond acceptors (Lipinski definition) is 5. The molecular formula is C20H18N2O5. The van der Waals surface area contributed by atoms with Crippen LogP contribution >= 0.6 is 0 Å². The Kier molecular flexibility index (Phi) is 4.90. The van der Waals surface area contributed by atoms with Gasteiger partial charge in [-0.05, 0) is 17.7 Å². The largest absolute Gasteiger partial charge is 0.518 e. The molecule has 7 nitrogen and oxygen atoms in total. The van der Waals surface area contributed by atoms with Gasteiger partial charge in [0, 0.05) is 18.7 Å². The van der Waals surface area contributed by atoms with Gasteiger partial charge in [0.2, 0.25) is 0 Å². The van der Waals surface area contributed by atoms with E-state index in [1.54, 1.807) is 31.4 Å². The lowest BCUT2D eigenvalue weighted by atomic mass is 10.1. The standard InChI is InChI=1S/C20H18N2O5/c1-21-18-19(23)17-15(9-14(26-3)10-16(17)27-4)22(20(18)24)11-12-5-7-13(25-2)8-6-12/h5-10,23H,11H2,2-4H3. The van der Waals surface area contributed by atoms with Crippen LogP contribution in [0.4, 0.5) is 5.69 Å². The quantitative estimate of drug-likeness (QED) is 0.701. The monoisotopic (exact) mass is 366 g/mol. The number of pyridine rings is 1. The second-order valence-corrected chi connectivity index (χ2v) is 5.77.